The molecule has 1 heterocycles. The Morgan fingerprint density at radius 3 is 3.00 bits per heavy atom. The second kappa shape index (κ2) is 2.19. The molecule has 0 atom stereocenters. The Morgan fingerprint density at radius 1 is 1.22 bits per heavy atom. The average Bonchev–Trinajstić information content (AvgIpc) is 2.33. The third kappa shape index (κ3) is 0.923. The van der Waals surface area contributed by atoms with Crippen LogP contribution in [0.3, 0.4) is 0 Å². The summed E-state index contributed by atoms with van der Waals surface area (Å²) >= 11 is -0.293. The molecule has 0 aromatic heterocycles. The quantitative estimate of drug-likeness (QED) is 0.560. The van der Waals surface area contributed by atoms with Crippen molar-refractivity contribution in [2.24, 2.45) is 0 Å². The van der Waals surface area contributed by atoms with Gasteiger partial charge in [-0.25, -0.2) is 0 Å². The van der Waals surface area contributed by atoms with Crippen molar-refractivity contribution in [2.45, 2.75) is 0 Å². The number of benzene rings is 1. The van der Waals surface area contributed by atoms with Gasteiger partial charge in [0.05, 0.1) is 0 Å². The summed E-state index contributed by atoms with van der Waals surface area (Å²) in [5.41, 5.74) is 1.34. The fourth-order valence-corrected chi connectivity index (χ4v) is 3.46. The summed E-state index contributed by atoms with van der Waals surface area (Å²) in [5.74, 6) is 0. The molecule has 1 aromatic rings. The van der Waals surface area contributed by atoms with Gasteiger partial charge < -0.3 is 0 Å². The van der Waals surface area contributed by atoms with Gasteiger partial charge in [-0.1, -0.05) is 0 Å². The summed E-state index contributed by atoms with van der Waals surface area (Å²) in [6.45, 7) is 0. The van der Waals surface area contributed by atoms with E-state index in [1.165, 1.54) is 5.56 Å². The fourth-order valence-electron chi connectivity index (χ4n) is 0.926. The van der Waals surface area contributed by atoms with E-state index in [-0.39, 0.29) is 21.6 Å². The number of hydrogen-bond acceptors (Lipinski definition) is 0. The third-order valence-corrected chi connectivity index (χ3v) is 4.34. The van der Waals surface area contributed by atoms with Crippen LogP contribution < -0.4 is 3.51 Å². The summed E-state index contributed by atoms with van der Waals surface area (Å²) in [6.07, 6.45) is 3.25. The molecule has 2 rings (SSSR count). The van der Waals surface area contributed by atoms with Crippen LogP contribution in [0.4, 0.5) is 0 Å². The second-order valence-electron chi connectivity index (χ2n) is 1.98. The van der Waals surface area contributed by atoms with Crippen molar-refractivity contribution in [3.63, 3.8) is 0 Å². The zero-order chi connectivity index (χ0) is 6.10. The Bertz CT molecular complexity index is 250. The molecule has 1 aliphatic rings. The fraction of sp³-hybridized carbons (Fsp3) is 0. The Labute approximate surface area is 65.1 Å². The summed E-state index contributed by atoms with van der Waals surface area (Å²) in [7, 11) is 0. The zero-order valence-corrected chi connectivity index (χ0v) is 7.74. The van der Waals surface area contributed by atoms with E-state index >= 15 is 0 Å². The molecule has 0 nitrogen and oxygen atoms in total. The predicted octanol–water partition coefficient (Wildman–Crippen LogP) is 0.427. The van der Waals surface area contributed by atoms with E-state index < -0.39 is 0 Å². The minimum atomic E-state index is -0.293. The molecule has 0 amide bonds. The summed E-state index contributed by atoms with van der Waals surface area (Å²) in [4.78, 5) is 0. The first-order valence-electron chi connectivity index (χ1n) is 2.90. The maximum atomic E-state index is 3.25. The molecule has 1 radical (unpaired) electrons. The maximum absolute atomic E-state index is 3.25. The molecule has 9 heavy (non-hydrogen) atoms. The first kappa shape index (κ1) is 5.55. The molecule has 1 aromatic carbocycles. The van der Waals surface area contributed by atoms with Crippen LogP contribution in [0, 0.1) is 6.08 Å². The summed E-state index contributed by atoms with van der Waals surface area (Å²) < 4.78 is 3.81. The van der Waals surface area contributed by atoms with Gasteiger partial charge >= 0.3 is 65.1 Å². The monoisotopic (exact) mass is 223 g/mol. The van der Waals surface area contributed by atoms with Gasteiger partial charge in [0.2, 0.25) is 0 Å². The van der Waals surface area contributed by atoms with Gasteiger partial charge in [-0.2, -0.15) is 0 Å². The number of fused-ring (bicyclic) bond motifs is 1. The van der Waals surface area contributed by atoms with Crippen molar-refractivity contribution < 1.29 is 0 Å². The zero-order valence-electron chi connectivity index (χ0n) is 4.89. The molecule has 0 bridgehead atoms. The van der Waals surface area contributed by atoms with Crippen LogP contribution in [0.25, 0.3) is 0 Å². The SMILES string of the molecule is [C]1=[CH][SbH][c]2ccccc21. The van der Waals surface area contributed by atoms with Gasteiger partial charge in [0.1, 0.15) is 0 Å². The van der Waals surface area contributed by atoms with Crippen LogP contribution in [0.15, 0.2) is 28.3 Å². The van der Waals surface area contributed by atoms with Crippen molar-refractivity contribution >= 4 is 25.1 Å². The van der Waals surface area contributed by atoms with E-state index in [0.717, 1.165) is 0 Å². The van der Waals surface area contributed by atoms with E-state index in [0.29, 0.717) is 0 Å². The molecule has 0 unspecified atom stereocenters. The molecular weight excluding hydrogens is 218 g/mol. The average molecular weight is 224 g/mol. The molecule has 0 saturated carbocycles. The van der Waals surface area contributed by atoms with E-state index in [1.807, 2.05) is 0 Å². The normalized spacial score (nSPS) is 13.8. The Balaban J connectivity index is 2.63. The van der Waals surface area contributed by atoms with Crippen molar-refractivity contribution in [2.75, 3.05) is 0 Å². The number of rotatable bonds is 0. The molecular formula is C8H6Sb. The second-order valence-corrected chi connectivity index (χ2v) is 5.16. The van der Waals surface area contributed by atoms with Crippen LogP contribution in [0.5, 0.6) is 0 Å². The van der Waals surface area contributed by atoms with Crippen LogP contribution >= 0.6 is 0 Å². The minimum absolute atomic E-state index is 0.293. The van der Waals surface area contributed by atoms with Crippen molar-refractivity contribution in [1.29, 1.82) is 0 Å². The standard InChI is InChI=1S/C8H5.Sb.H/c1-2-8-6-4-3-5-7-8;;/h1,3-6H;;. The first-order chi connectivity index (χ1) is 4.47. The van der Waals surface area contributed by atoms with Gasteiger partial charge in [0.25, 0.3) is 0 Å². The molecule has 0 saturated heterocycles. The van der Waals surface area contributed by atoms with Gasteiger partial charge in [0.15, 0.2) is 0 Å². The van der Waals surface area contributed by atoms with E-state index in [9.17, 15) is 0 Å². The number of hydrogen-bond donors (Lipinski definition) is 0. The van der Waals surface area contributed by atoms with E-state index in [4.69, 9.17) is 0 Å². The van der Waals surface area contributed by atoms with Crippen LogP contribution in [-0.4, -0.2) is 21.6 Å². The molecule has 1 aliphatic heterocycles. The van der Waals surface area contributed by atoms with E-state index in [2.05, 4.69) is 34.4 Å². The molecule has 0 aliphatic carbocycles. The van der Waals surface area contributed by atoms with Gasteiger partial charge in [-0.15, -0.1) is 0 Å². The van der Waals surface area contributed by atoms with Gasteiger partial charge in [-0.05, 0) is 0 Å². The van der Waals surface area contributed by atoms with Crippen LogP contribution in [-0.2, 0) is 0 Å². The Hall–Kier alpha value is -0.222. The summed E-state index contributed by atoms with van der Waals surface area (Å²) in [5, 5.41) is 0. The van der Waals surface area contributed by atoms with Crippen molar-refractivity contribution in [3.8, 4) is 0 Å². The van der Waals surface area contributed by atoms with E-state index in [1.54, 1.807) is 3.51 Å². The van der Waals surface area contributed by atoms with Gasteiger partial charge in [0, 0.05) is 0 Å². The van der Waals surface area contributed by atoms with Crippen LogP contribution in [0.2, 0.25) is 0 Å². The third-order valence-electron chi connectivity index (χ3n) is 1.38. The molecule has 0 spiro atoms. The molecule has 0 N–H and O–H groups in total. The topological polar surface area (TPSA) is 0 Å². The van der Waals surface area contributed by atoms with Crippen molar-refractivity contribution in [3.05, 3.63) is 39.9 Å². The van der Waals surface area contributed by atoms with Crippen molar-refractivity contribution in [1.82, 2.24) is 0 Å². The van der Waals surface area contributed by atoms with Crippen LogP contribution in [0.1, 0.15) is 5.56 Å². The van der Waals surface area contributed by atoms with Gasteiger partial charge in [-0.3, -0.25) is 0 Å². The molecule has 1 heteroatoms. The Morgan fingerprint density at radius 2 is 2.11 bits per heavy atom. The molecule has 0 fully saturated rings. The summed E-state index contributed by atoms with van der Waals surface area (Å²) in [6, 6.07) is 8.54. The Kier molecular flexibility index (Phi) is 1.35. The first-order valence-corrected chi connectivity index (χ1v) is 5.98. The predicted molar refractivity (Wildman–Crippen MR) is 40.1 cm³/mol. The molecule has 43 valence electrons.